The predicted octanol–water partition coefficient (Wildman–Crippen LogP) is 1.44. The molecule has 1 aliphatic rings. The normalized spacial score (nSPS) is 19.5. The van der Waals surface area contributed by atoms with E-state index in [4.69, 9.17) is 4.74 Å². The van der Waals surface area contributed by atoms with Crippen LogP contribution < -0.4 is 10.6 Å². The Kier molecular flexibility index (Phi) is 5.16. The average molecular weight is 313 g/mol. The Labute approximate surface area is 115 Å². The quantitative estimate of drug-likeness (QED) is 0.884. The molecule has 1 aromatic carbocycles. The number of hydrogen-bond donors (Lipinski definition) is 2. The molecular formula is C13H17BrN2O2. The van der Waals surface area contributed by atoms with E-state index in [0.717, 1.165) is 23.1 Å². The number of amides is 1. The van der Waals surface area contributed by atoms with E-state index in [1.54, 1.807) is 0 Å². The highest BCUT2D eigenvalue weighted by Crippen LogP contribution is 2.11. The Hall–Kier alpha value is -0.910. The number of morpholine rings is 1. The molecule has 1 aromatic rings. The zero-order valence-electron chi connectivity index (χ0n) is 10.1. The Morgan fingerprint density at radius 3 is 3.17 bits per heavy atom. The maximum atomic E-state index is 11.7. The molecule has 4 nitrogen and oxygen atoms in total. The molecule has 1 saturated heterocycles. The van der Waals surface area contributed by atoms with Crippen molar-refractivity contribution in [1.82, 2.24) is 10.6 Å². The first kappa shape index (κ1) is 13.5. The van der Waals surface area contributed by atoms with E-state index in [1.807, 2.05) is 24.3 Å². The van der Waals surface area contributed by atoms with E-state index in [2.05, 4.69) is 26.6 Å². The number of halogens is 1. The average Bonchev–Trinajstić information content (AvgIpc) is 2.38. The van der Waals surface area contributed by atoms with Gasteiger partial charge in [0.15, 0.2) is 0 Å². The van der Waals surface area contributed by atoms with Crippen LogP contribution in [-0.2, 0) is 16.1 Å². The van der Waals surface area contributed by atoms with Gasteiger partial charge >= 0.3 is 0 Å². The van der Waals surface area contributed by atoms with E-state index >= 15 is 0 Å². The molecule has 0 radical (unpaired) electrons. The van der Waals surface area contributed by atoms with Crippen LogP contribution in [0.4, 0.5) is 0 Å². The lowest BCUT2D eigenvalue weighted by Gasteiger charge is -2.23. The van der Waals surface area contributed by atoms with Gasteiger partial charge in [-0.3, -0.25) is 4.79 Å². The van der Waals surface area contributed by atoms with Crippen molar-refractivity contribution in [2.75, 3.05) is 19.7 Å². The molecule has 0 saturated carbocycles. The number of carbonyl (C=O) groups is 1. The fourth-order valence-corrected chi connectivity index (χ4v) is 2.32. The maximum absolute atomic E-state index is 11.7. The number of benzene rings is 1. The van der Waals surface area contributed by atoms with Crippen molar-refractivity contribution in [2.45, 2.75) is 19.1 Å². The van der Waals surface area contributed by atoms with Gasteiger partial charge in [-0.05, 0) is 17.7 Å². The third-order valence-electron chi connectivity index (χ3n) is 2.80. The number of carbonyl (C=O) groups excluding carboxylic acids is 1. The van der Waals surface area contributed by atoms with Crippen molar-refractivity contribution in [2.24, 2.45) is 0 Å². The van der Waals surface area contributed by atoms with Crippen LogP contribution in [0.1, 0.15) is 12.0 Å². The van der Waals surface area contributed by atoms with E-state index in [-0.39, 0.29) is 12.0 Å². The van der Waals surface area contributed by atoms with Gasteiger partial charge in [0.05, 0.1) is 19.1 Å². The zero-order valence-corrected chi connectivity index (χ0v) is 11.7. The Balaban J connectivity index is 1.74. The largest absolute Gasteiger partial charge is 0.375 e. The summed E-state index contributed by atoms with van der Waals surface area (Å²) in [7, 11) is 0. The fraction of sp³-hybridized carbons (Fsp3) is 0.462. The summed E-state index contributed by atoms with van der Waals surface area (Å²) in [5.74, 6) is 0.0312. The fourth-order valence-electron chi connectivity index (χ4n) is 1.88. The topological polar surface area (TPSA) is 50.4 Å². The van der Waals surface area contributed by atoms with Gasteiger partial charge in [0, 0.05) is 24.1 Å². The molecule has 2 N–H and O–H groups in total. The van der Waals surface area contributed by atoms with Crippen molar-refractivity contribution in [3.63, 3.8) is 0 Å². The third kappa shape index (κ3) is 4.40. The Morgan fingerprint density at radius 1 is 1.56 bits per heavy atom. The summed E-state index contributed by atoms with van der Waals surface area (Å²) < 4.78 is 6.51. The van der Waals surface area contributed by atoms with Gasteiger partial charge in [-0.2, -0.15) is 0 Å². The summed E-state index contributed by atoms with van der Waals surface area (Å²) in [6.45, 7) is 2.86. The van der Waals surface area contributed by atoms with Crippen molar-refractivity contribution >= 4 is 21.8 Å². The smallest absolute Gasteiger partial charge is 0.222 e. The van der Waals surface area contributed by atoms with Crippen molar-refractivity contribution < 1.29 is 9.53 Å². The number of ether oxygens (including phenoxy) is 1. The summed E-state index contributed by atoms with van der Waals surface area (Å²) in [5, 5.41) is 6.12. The van der Waals surface area contributed by atoms with Crippen molar-refractivity contribution in [3.8, 4) is 0 Å². The predicted molar refractivity (Wildman–Crippen MR) is 73.2 cm³/mol. The first-order valence-electron chi connectivity index (χ1n) is 6.07. The maximum Gasteiger partial charge on any atom is 0.222 e. The second kappa shape index (κ2) is 6.87. The Morgan fingerprint density at radius 2 is 2.44 bits per heavy atom. The van der Waals surface area contributed by atoms with Crippen LogP contribution in [0.2, 0.25) is 0 Å². The van der Waals surface area contributed by atoms with Gasteiger partial charge in [-0.15, -0.1) is 0 Å². The molecule has 0 aliphatic carbocycles. The highest BCUT2D eigenvalue weighted by molar-refractivity contribution is 9.10. The second-order valence-electron chi connectivity index (χ2n) is 4.31. The molecule has 0 bridgehead atoms. The van der Waals surface area contributed by atoms with E-state index in [1.165, 1.54) is 0 Å². The van der Waals surface area contributed by atoms with Crippen LogP contribution in [0.25, 0.3) is 0 Å². The van der Waals surface area contributed by atoms with E-state index in [0.29, 0.717) is 19.6 Å². The highest BCUT2D eigenvalue weighted by atomic mass is 79.9. The molecule has 1 atom stereocenters. The minimum absolute atomic E-state index is 0.00117. The van der Waals surface area contributed by atoms with Crippen LogP contribution >= 0.6 is 15.9 Å². The second-order valence-corrected chi connectivity index (χ2v) is 5.22. The molecule has 0 spiro atoms. The van der Waals surface area contributed by atoms with Crippen molar-refractivity contribution in [1.29, 1.82) is 0 Å². The summed E-state index contributed by atoms with van der Waals surface area (Å²) >= 11 is 3.41. The van der Waals surface area contributed by atoms with Crippen LogP contribution in [0.5, 0.6) is 0 Å². The van der Waals surface area contributed by atoms with Gasteiger partial charge in [0.2, 0.25) is 5.91 Å². The standard InChI is InChI=1S/C13H17BrN2O2/c14-11-3-1-2-10(6-11)8-16-13(17)7-12-9-15-4-5-18-12/h1-3,6,12,15H,4-5,7-9H2,(H,16,17). The molecule has 1 amide bonds. The van der Waals surface area contributed by atoms with Gasteiger partial charge in [-0.1, -0.05) is 28.1 Å². The molecule has 2 rings (SSSR count). The van der Waals surface area contributed by atoms with Crippen LogP contribution in [-0.4, -0.2) is 31.7 Å². The van der Waals surface area contributed by atoms with Crippen LogP contribution in [0, 0.1) is 0 Å². The van der Waals surface area contributed by atoms with E-state index < -0.39 is 0 Å². The lowest BCUT2D eigenvalue weighted by molar-refractivity contribution is -0.124. The SMILES string of the molecule is O=C(CC1CNCCO1)NCc1cccc(Br)c1. The first-order valence-corrected chi connectivity index (χ1v) is 6.87. The monoisotopic (exact) mass is 312 g/mol. The number of nitrogens with one attached hydrogen (secondary N) is 2. The zero-order chi connectivity index (χ0) is 12.8. The van der Waals surface area contributed by atoms with Crippen LogP contribution in [0.15, 0.2) is 28.7 Å². The molecule has 1 unspecified atom stereocenters. The lowest BCUT2D eigenvalue weighted by atomic mass is 10.2. The molecule has 98 valence electrons. The highest BCUT2D eigenvalue weighted by Gasteiger charge is 2.16. The summed E-state index contributed by atoms with van der Waals surface area (Å²) in [6.07, 6.45) is 0.419. The molecule has 0 aromatic heterocycles. The summed E-state index contributed by atoms with van der Waals surface area (Å²) in [6, 6.07) is 7.91. The lowest BCUT2D eigenvalue weighted by Crippen LogP contribution is -2.41. The summed E-state index contributed by atoms with van der Waals surface area (Å²) in [4.78, 5) is 11.7. The van der Waals surface area contributed by atoms with Gasteiger partial charge in [0.25, 0.3) is 0 Å². The molecular weight excluding hydrogens is 296 g/mol. The molecule has 1 aliphatic heterocycles. The van der Waals surface area contributed by atoms with Crippen molar-refractivity contribution in [3.05, 3.63) is 34.3 Å². The summed E-state index contributed by atoms with van der Waals surface area (Å²) in [5.41, 5.74) is 1.08. The first-order chi connectivity index (χ1) is 8.74. The van der Waals surface area contributed by atoms with Gasteiger partial charge < -0.3 is 15.4 Å². The van der Waals surface area contributed by atoms with Crippen LogP contribution in [0.3, 0.4) is 0 Å². The van der Waals surface area contributed by atoms with E-state index in [9.17, 15) is 4.79 Å². The minimum atomic E-state index is 0.00117. The molecule has 18 heavy (non-hydrogen) atoms. The van der Waals surface area contributed by atoms with Gasteiger partial charge in [-0.25, -0.2) is 0 Å². The number of hydrogen-bond acceptors (Lipinski definition) is 3. The van der Waals surface area contributed by atoms with Gasteiger partial charge in [0.1, 0.15) is 0 Å². The molecule has 1 fully saturated rings. The molecule has 1 heterocycles. The minimum Gasteiger partial charge on any atom is -0.375 e. The number of rotatable bonds is 4. The third-order valence-corrected chi connectivity index (χ3v) is 3.29. The molecule has 5 heteroatoms. The Bertz CT molecular complexity index is 406.